The third kappa shape index (κ3) is 1.88. The fraction of sp³-hybridized carbons (Fsp3) is 0.667. The normalized spacial score (nSPS) is 52.5. The van der Waals surface area contributed by atoms with Crippen LogP contribution in [0.5, 0.6) is 0 Å². The van der Waals surface area contributed by atoms with Crippen LogP contribution in [0.15, 0.2) is 30.3 Å². The molecule has 5 aliphatic rings. The Labute approximate surface area is 167 Å². The summed E-state index contributed by atoms with van der Waals surface area (Å²) in [5.74, 6) is 0.884. The number of hydrogen-bond acceptors (Lipinski definition) is 4. The monoisotopic (exact) mass is 466 g/mol. The van der Waals surface area contributed by atoms with Gasteiger partial charge < -0.3 is 14.2 Å². The van der Waals surface area contributed by atoms with Crippen LogP contribution in [0.3, 0.4) is 0 Å². The highest BCUT2D eigenvalue weighted by Gasteiger charge is 2.77. The van der Waals surface area contributed by atoms with Crippen LogP contribution in [0.2, 0.25) is 0 Å². The lowest BCUT2D eigenvalue weighted by Gasteiger charge is -2.45. The van der Waals surface area contributed by atoms with Gasteiger partial charge in [-0.05, 0) is 37.7 Å². The van der Waals surface area contributed by atoms with Gasteiger partial charge >= 0.3 is 0 Å². The third-order valence-electron chi connectivity index (χ3n) is 7.38. The smallest absolute Gasteiger partial charge is 0.171 e. The lowest BCUT2D eigenvalue weighted by molar-refractivity contribution is -0.175. The SMILES string of the molecule is CC1(C)O[C@H]2[C@@H]3O[C@@H]4[C@@H](I)[C@H]5C[C@@H]4[C@@H]3[C@H]5C(=O)[C@@]2(Cc2ccccc2)O1. The second-order valence-electron chi connectivity index (χ2n) is 9.13. The van der Waals surface area contributed by atoms with Crippen molar-refractivity contribution in [3.8, 4) is 0 Å². The highest BCUT2D eigenvalue weighted by Crippen LogP contribution is 2.67. The van der Waals surface area contributed by atoms with Gasteiger partial charge in [0.15, 0.2) is 17.2 Å². The molecule has 1 aromatic rings. The molecule has 6 rings (SSSR count). The number of benzene rings is 1. The molecule has 0 aromatic heterocycles. The van der Waals surface area contributed by atoms with Gasteiger partial charge in [-0.3, -0.25) is 4.79 Å². The fourth-order valence-corrected chi connectivity index (χ4v) is 8.16. The Morgan fingerprint density at radius 1 is 1.15 bits per heavy atom. The van der Waals surface area contributed by atoms with Crippen molar-refractivity contribution in [3.63, 3.8) is 0 Å². The molecule has 4 nitrogen and oxygen atoms in total. The van der Waals surface area contributed by atoms with Crippen LogP contribution in [0.4, 0.5) is 0 Å². The summed E-state index contributed by atoms with van der Waals surface area (Å²) >= 11 is 2.52. The molecule has 1 aromatic carbocycles. The number of halogens is 1. The second-order valence-corrected chi connectivity index (χ2v) is 10.6. The van der Waals surface area contributed by atoms with Gasteiger partial charge in [-0.25, -0.2) is 0 Å². The number of hydrogen-bond donors (Lipinski definition) is 0. The molecule has 9 atom stereocenters. The first-order chi connectivity index (χ1) is 12.4. The summed E-state index contributed by atoms with van der Waals surface area (Å²) in [5.41, 5.74) is 0.205. The number of alkyl halides is 1. The molecule has 0 radical (unpaired) electrons. The molecule has 0 N–H and O–H groups in total. The maximum absolute atomic E-state index is 13.9. The van der Waals surface area contributed by atoms with E-state index in [2.05, 4.69) is 34.7 Å². The second kappa shape index (κ2) is 5.10. The first-order valence-corrected chi connectivity index (χ1v) is 10.9. The zero-order valence-corrected chi connectivity index (χ0v) is 17.1. The van der Waals surface area contributed by atoms with Gasteiger partial charge in [0.1, 0.15) is 6.10 Å². The molecule has 138 valence electrons. The van der Waals surface area contributed by atoms with E-state index in [1.807, 2.05) is 32.0 Å². The molecule has 5 heteroatoms. The minimum Gasteiger partial charge on any atom is -0.370 e. The largest absolute Gasteiger partial charge is 0.370 e. The van der Waals surface area contributed by atoms with Crippen LogP contribution in [-0.2, 0) is 25.4 Å². The Balaban J connectivity index is 1.48. The molecular weight excluding hydrogens is 443 g/mol. The minimum atomic E-state index is -0.917. The molecule has 3 aliphatic carbocycles. The fourth-order valence-electron chi connectivity index (χ4n) is 6.72. The van der Waals surface area contributed by atoms with Crippen molar-refractivity contribution >= 4 is 28.4 Å². The predicted molar refractivity (Wildman–Crippen MR) is 103 cm³/mol. The van der Waals surface area contributed by atoms with Crippen molar-refractivity contribution in [3.05, 3.63) is 35.9 Å². The summed E-state index contributed by atoms with van der Waals surface area (Å²) in [6, 6.07) is 10.2. The first kappa shape index (κ1) is 16.5. The molecule has 5 fully saturated rings. The van der Waals surface area contributed by atoms with E-state index >= 15 is 0 Å². The molecule has 2 heterocycles. The Hall–Kier alpha value is -0.500. The van der Waals surface area contributed by atoms with E-state index in [9.17, 15) is 4.79 Å². The standard InChI is InChI=1S/C21H23IO4/c1-20(2)25-19-17-13-12-8-11(15(22)16(12)24-17)14(13)18(23)21(19,26-20)9-10-6-4-3-5-7-10/h3-7,11-17,19H,8-9H2,1-2H3/t11-,12+,13+,14-,15-,16-,17+,19-,21+/m0/s1. The molecule has 3 saturated carbocycles. The molecule has 26 heavy (non-hydrogen) atoms. The average molecular weight is 466 g/mol. The molecule has 2 saturated heterocycles. The van der Waals surface area contributed by atoms with E-state index < -0.39 is 11.4 Å². The zero-order chi connectivity index (χ0) is 17.8. The van der Waals surface area contributed by atoms with Crippen molar-refractivity contribution in [1.82, 2.24) is 0 Å². The highest BCUT2D eigenvalue weighted by atomic mass is 127. The van der Waals surface area contributed by atoms with Gasteiger partial charge in [0.25, 0.3) is 0 Å². The van der Waals surface area contributed by atoms with Crippen molar-refractivity contribution in [2.24, 2.45) is 23.7 Å². The maximum Gasteiger partial charge on any atom is 0.171 e. The van der Waals surface area contributed by atoms with E-state index in [-0.39, 0.29) is 23.9 Å². The van der Waals surface area contributed by atoms with Gasteiger partial charge in [0.2, 0.25) is 0 Å². The third-order valence-corrected chi connectivity index (χ3v) is 9.01. The number of ketones is 1. The molecule has 2 bridgehead atoms. The quantitative estimate of drug-likeness (QED) is 0.497. The molecular formula is C21H23IO4. The summed E-state index contributed by atoms with van der Waals surface area (Å²) in [4.78, 5) is 13.9. The van der Waals surface area contributed by atoms with Gasteiger partial charge in [-0.1, -0.05) is 52.9 Å². The van der Waals surface area contributed by atoms with Crippen molar-refractivity contribution in [2.75, 3.05) is 0 Å². The number of fused-ring (bicyclic) bond motifs is 4. The van der Waals surface area contributed by atoms with Crippen LogP contribution < -0.4 is 0 Å². The van der Waals surface area contributed by atoms with Gasteiger partial charge in [0.05, 0.1) is 12.2 Å². The summed E-state index contributed by atoms with van der Waals surface area (Å²) in [7, 11) is 0. The maximum atomic E-state index is 13.9. The summed E-state index contributed by atoms with van der Waals surface area (Å²) in [5, 5.41) is 0. The molecule has 0 spiro atoms. The van der Waals surface area contributed by atoms with E-state index in [4.69, 9.17) is 14.2 Å². The molecule has 0 unspecified atom stereocenters. The van der Waals surface area contributed by atoms with Crippen molar-refractivity contribution in [2.45, 2.75) is 60.3 Å². The molecule has 2 aliphatic heterocycles. The number of carbonyl (C=O) groups is 1. The van der Waals surface area contributed by atoms with Crippen LogP contribution in [0.1, 0.15) is 25.8 Å². The average Bonchev–Trinajstić information content (AvgIpc) is 3.27. The van der Waals surface area contributed by atoms with E-state index in [1.54, 1.807) is 0 Å². The van der Waals surface area contributed by atoms with E-state index in [1.165, 1.54) is 0 Å². The van der Waals surface area contributed by atoms with Gasteiger partial charge in [-0.15, -0.1) is 0 Å². The van der Waals surface area contributed by atoms with Gasteiger partial charge in [0, 0.05) is 22.2 Å². The van der Waals surface area contributed by atoms with Crippen molar-refractivity contribution in [1.29, 1.82) is 0 Å². The minimum absolute atomic E-state index is 0.0112. The van der Waals surface area contributed by atoms with Crippen LogP contribution in [0, 0.1) is 23.7 Å². The zero-order valence-electron chi connectivity index (χ0n) is 14.9. The van der Waals surface area contributed by atoms with Crippen molar-refractivity contribution < 1.29 is 19.0 Å². The number of carbonyl (C=O) groups excluding carboxylic acids is 1. The van der Waals surface area contributed by atoms with Crippen LogP contribution >= 0.6 is 22.6 Å². The van der Waals surface area contributed by atoms with E-state index in [0.29, 0.717) is 34.2 Å². The topological polar surface area (TPSA) is 44.8 Å². The number of ether oxygens (including phenoxy) is 3. The van der Waals surface area contributed by atoms with Crippen LogP contribution in [0.25, 0.3) is 0 Å². The summed E-state index contributed by atoms with van der Waals surface area (Å²) in [6.07, 6.45) is 1.67. The first-order valence-electron chi connectivity index (χ1n) is 9.67. The van der Waals surface area contributed by atoms with Crippen LogP contribution in [-0.4, -0.2) is 39.4 Å². The lowest BCUT2D eigenvalue weighted by Crippen LogP contribution is -2.64. The highest BCUT2D eigenvalue weighted by molar-refractivity contribution is 14.1. The lowest BCUT2D eigenvalue weighted by atomic mass is 9.62. The Morgan fingerprint density at radius 3 is 2.69 bits per heavy atom. The Kier molecular flexibility index (Phi) is 3.23. The molecule has 0 amide bonds. The number of rotatable bonds is 2. The summed E-state index contributed by atoms with van der Waals surface area (Å²) in [6.45, 7) is 3.85. The van der Waals surface area contributed by atoms with E-state index in [0.717, 1.165) is 12.0 Å². The van der Waals surface area contributed by atoms with Gasteiger partial charge in [-0.2, -0.15) is 0 Å². The number of Topliss-reactive ketones (excluding diaryl/α,β-unsaturated/α-hetero) is 1. The predicted octanol–water partition coefficient (Wildman–Crippen LogP) is 3.16. The Morgan fingerprint density at radius 2 is 1.92 bits per heavy atom. The summed E-state index contributed by atoms with van der Waals surface area (Å²) < 4.78 is 19.8. The Bertz CT molecular complexity index is 779.